The Kier molecular flexibility index (Phi) is 5.49. The predicted octanol–water partition coefficient (Wildman–Crippen LogP) is 3.97. The second kappa shape index (κ2) is 8.66. The Morgan fingerprint density at radius 3 is 2.28 bits per heavy atom. The van der Waals surface area contributed by atoms with Gasteiger partial charge in [-0.25, -0.2) is 4.98 Å². The Labute approximate surface area is 207 Å². The molecule has 0 fully saturated rings. The predicted molar refractivity (Wildman–Crippen MR) is 136 cm³/mol. The van der Waals surface area contributed by atoms with Crippen LogP contribution in [0.3, 0.4) is 0 Å². The third-order valence-electron chi connectivity index (χ3n) is 6.59. The molecule has 0 aliphatic carbocycles. The van der Waals surface area contributed by atoms with Crippen LogP contribution >= 0.6 is 0 Å². The number of hydrogen-bond acceptors (Lipinski definition) is 5. The van der Waals surface area contributed by atoms with Crippen LogP contribution in [0.2, 0.25) is 0 Å². The van der Waals surface area contributed by atoms with Crippen LogP contribution in [-0.4, -0.2) is 19.2 Å². The van der Waals surface area contributed by atoms with Gasteiger partial charge in [0.1, 0.15) is 0 Å². The molecule has 174 valence electrons. The van der Waals surface area contributed by atoms with Crippen LogP contribution in [-0.2, 0) is 19.7 Å². The molecule has 2 aromatic heterocycles. The highest BCUT2D eigenvalue weighted by Crippen LogP contribution is 2.39. The molecule has 3 aromatic carbocycles. The summed E-state index contributed by atoms with van der Waals surface area (Å²) in [6, 6.07) is 25.2. The summed E-state index contributed by atoms with van der Waals surface area (Å²) >= 11 is 0. The van der Waals surface area contributed by atoms with E-state index >= 15 is 0 Å². The van der Waals surface area contributed by atoms with Crippen LogP contribution < -0.4 is 5.56 Å². The molecule has 0 radical (unpaired) electrons. The molecule has 7 nitrogen and oxygen atoms in total. The topological polar surface area (TPSA) is 108 Å². The highest BCUT2D eigenvalue weighted by Gasteiger charge is 2.37. The van der Waals surface area contributed by atoms with Gasteiger partial charge in [0, 0.05) is 25.5 Å². The molecule has 1 atom stereocenters. The minimum Gasteiger partial charge on any atom is -0.374 e. The lowest BCUT2D eigenvalue weighted by Gasteiger charge is -2.30. The molecule has 36 heavy (non-hydrogen) atoms. The van der Waals surface area contributed by atoms with Crippen molar-refractivity contribution in [2.24, 2.45) is 14.1 Å². The molecule has 0 spiro atoms. The van der Waals surface area contributed by atoms with Gasteiger partial charge in [-0.2, -0.15) is 10.5 Å². The zero-order valence-electron chi connectivity index (χ0n) is 19.7. The van der Waals surface area contributed by atoms with Gasteiger partial charge >= 0.3 is 0 Å². The molecule has 1 N–H and O–H groups in total. The van der Waals surface area contributed by atoms with Crippen LogP contribution in [0.25, 0.3) is 22.0 Å². The Morgan fingerprint density at radius 2 is 1.61 bits per heavy atom. The van der Waals surface area contributed by atoms with Gasteiger partial charge in [-0.1, -0.05) is 30.3 Å². The fourth-order valence-electron chi connectivity index (χ4n) is 4.64. The SMILES string of the molecule is Cn1cncc1[C@@](O)(c1ccc(C#N)cc1)c1ccc2c(c1)c(-c1cccc(C#N)c1)cc(=O)n2C. The lowest BCUT2D eigenvalue weighted by atomic mass is 9.82. The summed E-state index contributed by atoms with van der Waals surface area (Å²) in [4.78, 5) is 17.0. The molecule has 0 unspecified atom stereocenters. The van der Waals surface area contributed by atoms with Crippen molar-refractivity contribution in [2.75, 3.05) is 0 Å². The highest BCUT2D eigenvalue weighted by atomic mass is 16.3. The standard InChI is InChI=1S/C29H21N5O2/c1-33-18-32-17-27(33)29(36,22-8-6-19(15-30)7-9-22)23-10-11-26-25(13-23)24(14-28(35)34(26)2)21-5-3-4-20(12-21)16-31/h3-14,17-18,36H,1-2H3/t29-/m1/s1. The summed E-state index contributed by atoms with van der Waals surface area (Å²) in [5, 5.41) is 31.7. The van der Waals surface area contributed by atoms with Crippen molar-refractivity contribution >= 4 is 10.9 Å². The Bertz CT molecular complexity index is 1770. The van der Waals surface area contributed by atoms with Gasteiger partial charge in [-0.3, -0.25) is 4.79 Å². The number of nitriles is 2. The number of rotatable bonds is 4. The first kappa shape index (κ1) is 22.8. The van der Waals surface area contributed by atoms with Crippen LogP contribution in [0, 0.1) is 22.7 Å². The second-order valence-corrected chi connectivity index (χ2v) is 8.67. The van der Waals surface area contributed by atoms with Gasteiger partial charge in [0.25, 0.3) is 5.56 Å². The number of aliphatic hydroxyl groups is 1. The number of benzene rings is 3. The van der Waals surface area contributed by atoms with E-state index < -0.39 is 5.60 Å². The number of nitrogens with zero attached hydrogens (tertiary/aromatic N) is 5. The molecule has 7 heteroatoms. The van der Waals surface area contributed by atoms with E-state index in [1.807, 2.05) is 18.2 Å². The second-order valence-electron chi connectivity index (χ2n) is 8.67. The van der Waals surface area contributed by atoms with Gasteiger partial charge in [-0.15, -0.1) is 0 Å². The van der Waals surface area contributed by atoms with Gasteiger partial charge < -0.3 is 14.2 Å². The first-order chi connectivity index (χ1) is 17.4. The molecule has 0 amide bonds. The third kappa shape index (κ3) is 3.56. The molecule has 0 aliphatic heterocycles. The van der Waals surface area contributed by atoms with Crippen molar-refractivity contribution in [1.82, 2.24) is 14.1 Å². The number of hydrogen-bond donors (Lipinski definition) is 1. The van der Waals surface area contributed by atoms with E-state index in [0.29, 0.717) is 39.0 Å². The Balaban J connectivity index is 1.83. The molecule has 5 rings (SSSR count). The summed E-state index contributed by atoms with van der Waals surface area (Å²) in [5.74, 6) is 0. The maximum Gasteiger partial charge on any atom is 0.251 e. The van der Waals surface area contributed by atoms with Gasteiger partial charge in [0.05, 0.1) is 47.0 Å². The normalized spacial score (nSPS) is 12.6. The summed E-state index contributed by atoms with van der Waals surface area (Å²) < 4.78 is 3.31. The first-order valence-electron chi connectivity index (χ1n) is 11.2. The maximum atomic E-state index is 12.8. The van der Waals surface area contributed by atoms with E-state index in [1.54, 1.807) is 90.4 Å². The number of imidazole rings is 1. The maximum absolute atomic E-state index is 12.8. The lowest BCUT2D eigenvalue weighted by Crippen LogP contribution is -2.31. The van der Waals surface area contributed by atoms with Crippen molar-refractivity contribution in [2.45, 2.75) is 5.60 Å². The van der Waals surface area contributed by atoms with Crippen LogP contribution in [0.4, 0.5) is 0 Å². The molecule has 2 heterocycles. The zero-order chi connectivity index (χ0) is 25.4. The molecular weight excluding hydrogens is 450 g/mol. The molecule has 0 aliphatic rings. The van der Waals surface area contributed by atoms with Crippen LogP contribution in [0.15, 0.2) is 90.1 Å². The number of fused-ring (bicyclic) bond motifs is 1. The van der Waals surface area contributed by atoms with Crippen LogP contribution in [0.5, 0.6) is 0 Å². The van der Waals surface area contributed by atoms with Gasteiger partial charge in [0.15, 0.2) is 5.60 Å². The first-order valence-corrected chi connectivity index (χ1v) is 11.2. The summed E-state index contributed by atoms with van der Waals surface area (Å²) in [6.07, 6.45) is 3.23. The fraction of sp³-hybridized carbons (Fsp3) is 0.103. The Hall–Kier alpha value is -4.98. The van der Waals surface area contributed by atoms with E-state index in [0.717, 1.165) is 10.9 Å². The fourth-order valence-corrected chi connectivity index (χ4v) is 4.64. The molecular formula is C29H21N5O2. The van der Waals surface area contributed by atoms with Crippen molar-refractivity contribution in [1.29, 1.82) is 10.5 Å². The van der Waals surface area contributed by atoms with E-state index in [4.69, 9.17) is 0 Å². The van der Waals surface area contributed by atoms with E-state index in [-0.39, 0.29) is 5.56 Å². The van der Waals surface area contributed by atoms with Crippen molar-refractivity contribution in [3.63, 3.8) is 0 Å². The van der Waals surface area contributed by atoms with Crippen molar-refractivity contribution in [3.8, 4) is 23.3 Å². The highest BCUT2D eigenvalue weighted by molar-refractivity contribution is 5.95. The number of aryl methyl sites for hydroxylation is 2. The van der Waals surface area contributed by atoms with Crippen LogP contribution in [0.1, 0.15) is 27.9 Å². The van der Waals surface area contributed by atoms with Crippen molar-refractivity contribution in [3.05, 3.63) is 124 Å². The summed E-state index contributed by atoms with van der Waals surface area (Å²) in [6.45, 7) is 0. The smallest absolute Gasteiger partial charge is 0.251 e. The van der Waals surface area contributed by atoms with Crippen molar-refractivity contribution < 1.29 is 5.11 Å². The Morgan fingerprint density at radius 1 is 0.889 bits per heavy atom. The molecule has 0 saturated heterocycles. The molecule has 5 aromatic rings. The van der Waals surface area contributed by atoms with E-state index in [9.17, 15) is 20.4 Å². The van der Waals surface area contributed by atoms with Gasteiger partial charge in [-0.05, 0) is 58.7 Å². The van der Waals surface area contributed by atoms with Gasteiger partial charge in [0.2, 0.25) is 0 Å². The number of pyridine rings is 1. The average Bonchev–Trinajstić information content (AvgIpc) is 3.36. The van der Waals surface area contributed by atoms with E-state index in [1.165, 1.54) is 0 Å². The number of aromatic nitrogens is 3. The monoisotopic (exact) mass is 471 g/mol. The lowest BCUT2D eigenvalue weighted by molar-refractivity contribution is 0.117. The summed E-state index contributed by atoms with van der Waals surface area (Å²) in [5.41, 5.74) is 2.98. The zero-order valence-corrected chi connectivity index (χ0v) is 19.7. The third-order valence-corrected chi connectivity index (χ3v) is 6.59. The molecule has 0 bridgehead atoms. The minimum absolute atomic E-state index is 0.179. The van der Waals surface area contributed by atoms with E-state index in [2.05, 4.69) is 17.1 Å². The average molecular weight is 472 g/mol. The quantitative estimate of drug-likeness (QED) is 0.427. The minimum atomic E-state index is -1.59. The largest absolute Gasteiger partial charge is 0.374 e. The summed E-state index contributed by atoms with van der Waals surface area (Å²) in [7, 11) is 3.51. The molecule has 0 saturated carbocycles.